The smallest absolute Gasteiger partial charge is 0.165 e. The number of ether oxygens (including phenoxy) is 1. The summed E-state index contributed by atoms with van der Waals surface area (Å²) in [5, 5.41) is 4.28. The summed E-state index contributed by atoms with van der Waals surface area (Å²) < 4.78 is 20.3. The van der Waals surface area contributed by atoms with Gasteiger partial charge in [0, 0.05) is 19.7 Å². The van der Waals surface area contributed by atoms with E-state index in [4.69, 9.17) is 10.6 Å². The van der Waals surface area contributed by atoms with Crippen LogP contribution < -0.4 is 16.0 Å². The minimum atomic E-state index is -0.402. The molecule has 0 radical (unpaired) electrons. The number of hydrogen-bond acceptors (Lipinski definition) is 4. The highest BCUT2D eigenvalue weighted by atomic mass is 19.1. The molecule has 1 aromatic carbocycles. The SMILES string of the molecule is COc1ccc(C(Cc2ccn(C)n2)NN)cc1F. The van der Waals surface area contributed by atoms with E-state index in [1.165, 1.54) is 13.2 Å². The number of nitrogens with one attached hydrogen (secondary N) is 1. The minimum Gasteiger partial charge on any atom is -0.494 e. The van der Waals surface area contributed by atoms with Crippen LogP contribution in [0.15, 0.2) is 30.5 Å². The molecule has 6 heteroatoms. The average molecular weight is 264 g/mol. The van der Waals surface area contributed by atoms with Gasteiger partial charge in [-0.05, 0) is 23.8 Å². The van der Waals surface area contributed by atoms with Crippen LogP contribution in [0.2, 0.25) is 0 Å². The number of nitrogens with two attached hydrogens (primary N) is 1. The van der Waals surface area contributed by atoms with Gasteiger partial charge in [0.05, 0.1) is 18.8 Å². The Morgan fingerprint density at radius 2 is 2.26 bits per heavy atom. The van der Waals surface area contributed by atoms with Crippen LogP contribution in [0.4, 0.5) is 4.39 Å². The largest absolute Gasteiger partial charge is 0.494 e. The van der Waals surface area contributed by atoms with Crippen molar-refractivity contribution in [1.29, 1.82) is 0 Å². The highest BCUT2D eigenvalue weighted by Crippen LogP contribution is 2.23. The van der Waals surface area contributed by atoms with Crippen molar-refractivity contribution >= 4 is 0 Å². The Labute approximate surface area is 111 Å². The summed E-state index contributed by atoms with van der Waals surface area (Å²) in [6.45, 7) is 0. The maximum Gasteiger partial charge on any atom is 0.165 e. The predicted octanol–water partition coefficient (Wildman–Crippen LogP) is 1.31. The zero-order valence-electron chi connectivity index (χ0n) is 10.9. The van der Waals surface area contributed by atoms with Crippen molar-refractivity contribution in [2.45, 2.75) is 12.5 Å². The average Bonchev–Trinajstić information content (AvgIpc) is 2.81. The molecule has 0 spiro atoms. The van der Waals surface area contributed by atoms with E-state index in [0.29, 0.717) is 6.42 Å². The first-order chi connectivity index (χ1) is 9.13. The molecule has 19 heavy (non-hydrogen) atoms. The molecule has 0 saturated heterocycles. The third-order valence-electron chi connectivity index (χ3n) is 2.96. The topological polar surface area (TPSA) is 65.1 Å². The number of hydrogen-bond donors (Lipinski definition) is 2. The molecule has 1 heterocycles. The second-order valence-electron chi connectivity index (χ2n) is 4.30. The predicted molar refractivity (Wildman–Crippen MR) is 69.9 cm³/mol. The standard InChI is InChI=1S/C13H17FN4O/c1-18-6-5-10(17-18)8-12(16-15)9-3-4-13(19-2)11(14)7-9/h3-7,12,16H,8,15H2,1-2H3. The second kappa shape index (κ2) is 5.81. The van der Waals surface area contributed by atoms with Gasteiger partial charge in [0.2, 0.25) is 0 Å². The molecule has 5 nitrogen and oxygen atoms in total. The van der Waals surface area contributed by atoms with Gasteiger partial charge in [0.1, 0.15) is 0 Å². The highest BCUT2D eigenvalue weighted by molar-refractivity contribution is 5.31. The van der Waals surface area contributed by atoms with E-state index in [-0.39, 0.29) is 11.8 Å². The fraction of sp³-hybridized carbons (Fsp3) is 0.308. The first kappa shape index (κ1) is 13.5. The van der Waals surface area contributed by atoms with Gasteiger partial charge in [-0.3, -0.25) is 16.0 Å². The molecule has 102 valence electrons. The van der Waals surface area contributed by atoms with Gasteiger partial charge in [-0.1, -0.05) is 6.07 Å². The Morgan fingerprint density at radius 1 is 1.47 bits per heavy atom. The Hall–Kier alpha value is -1.92. The van der Waals surface area contributed by atoms with Gasteiger partial charge < -0.3 is 4.74 Å². The van der Waals surface area contributed by atoms with Crippen molar-refractivity contribution < 1.29 is 9.13 Å². The molecule has 0 bridgehead atoms. The summed E-state index contributed by atoms with van der Waals surface area (Å²) in [4.78, 5) is 0. The van der Waals surface area contributed by atoms with Crippen LogP contribution in [0.1, 0.15) is 17.3 Å². The fourth-order valence-electron chi connectivity index (χ4n) is 1.95. The summed E-state index contributed by atoms with van der Waals surface area (Å²) in [6.07, 6.45) is 2.45. The summed E-state index contributed by atoms with van der Waals surface area (Å²) in [5.41, 5.74) is 4.33. The lowest BCUT2D eigenvalue weighted by Crippen LogP contribution is -2.29. The van der Waals surface area contributed by atoms with Crippen LogP contribution in [0, 0.1) is 5.82 Å². The normalized spacial score (nSPS) is 12.4. The molecule has 1 atom stereocenters. The molecule has 1 aromatic heterocycles. The van der Waals surface area contributed by atoms with Crippen LogP contribution in [-0.4, -0.2) is 16.9 Å². The zero-order chi connectivity index (χ0) is 13.8. The van der Waals surface area contributed by atoms with Crippen molar-refractivity contribution in [3.8, 4) is 5.75 Å². The maximum absolute atomic E-state index is 13.7. The van der Waals surface area contributed by atoms with E-state index >= 15 is 0 Å². The van der Waals surface area contributed by atoms with Crippen molar-refractivity contribution in [2.24, 2.45) is 12.9 Å². The molecule has 0 fully saturated rings. The number of hydrazine groups is 1. The van der Waals surface area contributed by atoms with Gasteiger partial charge in [-0.15, -0.1) is 0 Å². The van der Waals surface area contributed by atoms with Gasteiger partial charge in [0.15, 0.2) is 11.6 Å². The number of benzene rings is 1. The van der Waals surface area contributed by atoms with Crippen LogP contribution in [-0.2, 0) is 13.5 Å². The molecule has 2 aromatic rings. The Balaban J connectivity index is 2.19. The molecular formula is C13H17FN4O. The van der Waals surface area contributed by atoms with Crippen LogP contribution in [0.25, 0.3) is 0 Å². The van der Waals surface area contributed by atoms with Gasteiger partial charge in [-0.2, -0.15) is 5.10 Å². The zero-order valence-corrected chi connectivity index (χ0v) is 10.9. The number of rotatable bonds is 5. The number of nitrogens with zero attached hydrogens (tertiary/aromatic N) is 2. The van der Waals surface area contributed by atoms with Crippen molar-refractivity contribution in [3.63, 3.8) is 0 Å². The summed E-state index contributed by atoms with van der Waals surface area (Å²) >= 11 is 0. The summed E-state index contributed by atoms with van der Waals surface area (Å²) in [5.74, 6) is 5.36. The molecule has 0 saturated carbocycles. The van der Waals surface area contributed by atoms with Gasteiger partial charge in [0.25, 0.3) is 0 Å². The van der Waals surface area contributed by atoms with Crippen LogP contribution in [0.5, 0.6) is 5.75 Å². The molecule has 0 aliphatic heterocycles. The molecule has 3 N–H and O–H groups in total. The number of aryl methyl sites for hydroxylation is 1. The molecule has 2 rings (SSSR count). The van der Waals surface area contributed by atoms with E-state index in [2.05, 4.69) is 10.5 Å². The third kappa shape index (κ3) is 3.10. The van der Waals surface area contributed by atoms with E-state index in [9.17, 15) is 4.39 Å². The molecule has 1 unspecified atom stereocenters. The summed E-state index contributed by atoms with van der Waals surface area (Å²) in [6, 6.07) is 6.51. The van der Waals surface area contributed by atoms with Gasteiger partial charge >= 0.3 is 0 Å². The van der Waals surface area contributed by atoms with Crippen molar-refractivity contribution in [3.05, 3.63) is 47.5 Å². The van der Waals surface area contributed by atoms with E-state index in [0.717, 1.165) is 11.3 Å². The van der Waals surface area contributed by atoms with Gasteiger partial charge in [-0.25, -0.2) is 4.39 Å². The van der Waals surface area contributed by atoms with Crippen LogP contribution >= 0.6 is 0 Å². The fourth-order valence-corrected chi connectivity index (χ4v) is 1.95. The maximum atomic E-state index is 13.7. The first-order valence-corrected chi connectivity index (χ1v) is 5.92. The van der Waals surface area contributed by atoms with Crippen molar-refractivity contribution in [2.75, 3.05) is 7.11 Å². The monoisotopic (exact) mass is 264 g/mol. The molecule has 0 aliphatic rings. The first-order valence-electron chi connectivity index (χ1n) is 5.92. The lowest BCUT2D eigenvalue weighted by Gasteiger charge is -2.16. The van der Waals surface area contributed by atoms with Crippen molar-refractivity contribution in [1.82, 2.24) is 15.2 Å². The minimum absolute atomic E-state index is 0.199. The Kier molecular flexibility index (Phi) is 4.13. The number of aromatic nitrogens is 2. The molecular weight excluding hydrogens is 247 g/mol. The van der Waals surface area contributed by atoms with E-state index < -0.39 is 5.82 Å². The number of halogens is 1. The quantitative estimate of drug-likeness (QED) is 0.631. The number of methoxy groups -OCH3 is 1. The highest BCUT2D eigenvalue weighted by Gasteiger charge is 2.14. The molecule has 0 amide bonds. The Bertz CT molecular complexity index is 555. The lowest BCUT2D eigenvalue weighted by atomic mass is 10.0. The molecule has 0 aliphatic carbocycles. The van der Waals surface area contributed by atoms with E-state index in [1.54, 1.807) is 16.8 Å². The lowest BCUT2D eigenvalue weighted by molar-refractivity contribution is 0.385. The third-order valence-corrected chi connectivity index (χ3v) is 2.96. The van der Waals surface area contributed by atoms with E-state index in [1.807, 2.05) is 19.3 Å². The van der Waals surface area contributed by atoms with Crippen LogP contribution in [0.3, 0.4) is 0 Å². The summed E-state index contributed by atoms with van der Waals surface area (Å²) in [7, 11) is 3.28. The Morgan fingerprint density at radius 3 is 2.79 bits per heavy atom. The second-order valence-corrected chi connectivity index (χ2v) is 4.30.